The van der Waals surface area contributed by atoms with Gasteiger partial charge in [0.2, 0.25) is 15.9 Å². The summed E-state index contributed by atoms with van der Waals surface area (Å²) in [5.41, 5.74) is -0.939. The first kappa shape index (κ1) is 17.2. The van der Waals surface area contributed by atoms with Crippen LogP contribution in [0.5, 0.6) is 0 Å². The Morgan fingerprint density at radius 2 is 1.86 bits per heavy atom. The fraction of sp³-hybridized carbons (Fsp3) is 0.857. The summed E-state index contributed by atoms with van der Waals surface area (Å²) in [5.74, 6) is -1.07. The van der Waals surface area contributed by atoms with Gasteiger partial charge in [-0.25, -0.2) is 13.1 Å². The third-order valence-electron chi connectivity index (χ3n) is 4.77. The predicted octanol–water partition coefficient (Wildman–Crippen LogP) is 0.467. The standard InChI is InChI=1S/C14H24N2O5S/c17-12(9-14(13(18)19)5-2-6-14)15-7-8-22(20,21)16-10-11-3-1-4-11/h11,16H,1-10H2,(H,15,17)(H,18,19). The number of rotatable bonds is 9. The topological polar surface area (TPSA) is 113 Å². The fourth-order valence-corrected chi connectivity index (χ4v) is 3.78. The van der Waals surface area contributed by atoms with Gasteiger partial charge >= 0.3 is 5.97 Å². The van der Waals surface area contributed by atoms with Gasteiger partial charge in [0.05, 0.1) is 11.2 Å². The number of hydrogen-bond donors (Lipinski definition) is 3. The molecule has 2 aliphatic carbocycles. The smallest absolute Gasteiger partial charge is 0.310 e. The maximum atomic E-state index is 11.8. The molecular formula is C14H24N2O5S. The van der Waals surface area contributed by atoms with Crippen LogP contribution in [0.4, 0.5) is 0 Å². The van der Waals surface area contributed by atoms with E-state index in [1.807, 2.05) is 0 Å². The highest BCUT2D eigenvalue weighted by molar-refractivity contribution is 7.89. The van der Waals surface area contributed by atoms with Crippen molar-refractivity contribution in [1.82, 2.24) is 10.0 Å². The molecule has 126 valence electrons. The Bertz CT molecular complexity index is 523. The number of sulfonamides is 1. The zero-order valence-electron chi connectivity index (χ0n) is 12.6. The molecule has 0 spiro atoms. The van der Waals surface area contributed by atoms with E-state index in [9.17, 15) is 18.0 Å². The quantitative estimate of drug-likeness (QED) is 0.568. The lowest BCUT2D eigenvalue weighted by Crippen LogP contribution is -2.43. The molecule has 2 fully saturated rings. The van der Waals surface area contributed by atoms with Gasteiger partial charge in [0.1, 0.15) is 0 Å². The van der Waals surface area contributed by atoms with Crippen molar-refractivity contribution in [2.24, 2.45) is 11.3 Å². The predicted molar refractivity (Wildman–Crippen MR) is 80.7 cm³/mol. The van der Waals surface area contributed by atoms with Crippen LogP contribution < -0.4 is 10.0 Å². The third kappa shape index (κ3) is 4.42. The van der Waals surface area contributed by atoms with Crippen LogP contribution in [0.2, 0.25) is 0 Å². The molecule has 0 heterocycles. The molecule has 0 aromatic rings. The lowest BCUT2D eigenvalue weighted by atomic mass is 9.66. The van der Waals surface area contributed by atoms with Gasteiger partial charge in [0, 0.05) is 19.5 Å². The first-order chi connectivity index (χ1) is 10.3. The van der Waals surface area contributed by atoms with Gasteiger partial charge in [-0.15, -0.1) is 0 Å². The Balaban J connectivity index is 1.66. The van der Waals surface area contributed by atoms with Gasteiger partial charge in [-0.3, -0.25) is 9.59 Å². The van der Waals surface area contributed by atoms with Crippen molar-refractivity contribution in [1.29, 1.82) is 0 Å². The zero-order valence-corrected chi connectivity index (χ0v) is 13.5. The lowest BCUT2D eigenvalue weighted by molar-refractivity contribution is -0.157. The van der Waals surface area contributed by atoms with Crippen LogP contribution in [-0.4, -0.2) is 44.2 Å². The van der Waals surface area contributed by atoms with Crippen molar-refractivity contribution in [3.8, 4) is 0 Å². The molecule has 8 heteroatoms. The Labute approximate surface area is 130 Å². The molecule has 2 aliphatic rings. The monoisotopic (exact) mass is 332 g/mol. The average molecular weight is 332 g/mol. The Morgan fingerprint density at radius 3 is 2.32 bits per heavy atom. The Morgan fingerprint density at radius 1 is 1.18 bits per heavy atom. The van der Waals surface area contributed by atoms with Gasteiger partial charge in [-0.1, -0.05) is 12.8 Å². The SMILES string of the molecule is O=C(CC1(C(=O)O)CCC1)NCCS(=O)(=O)NCC1CCC1. The summed E-state index contributed by atoms with van der Waals surface area (Å²) in [6.07, 6.45) is 5.06. The van der Waals surface area contributed by atoms with Crippen LogP contribution in [0, 0.1) is 11.3 Å². The van der Waals surface area contributed by atoms with Crippen LogP contribution >= 0.6 is 0 Å². The summed E-state index contributed by atoms with van der Waals surface area (Å²) < 4.78 is 26.1. The highest BCUT2D eigenvalue weighted by Gasteiger charge is 2.45. The van der Waals surface area contributed by atoms with E-state index in [2.05, 4.69) is 10.0 Å². The van der Waals surface area contributed by atoms with Gasteiger partial charge < -0.3 is 10.4 Å². The van der Waals surface area contributed by atoms with Crippen molar-refractivity contribution < 1.29 is 23.1 Å². The zero-order chi connectivity index (χ0) is 16.2. The normalized spacial score (nSPS) is 20.7. The van der Waals surface area contributed by atoms with Crippen LogP contribution in [0.1, 0.15) is 44.9 Å². The van der Waals surface area contributed by atoms with Crippen LogP contribution in [0.15, 0.2) is 0 Å². The van der Waals surface area contributed by atoms with Crippen LogP contribution in [0.25, 0.3) is 0 Å². The first-order valence-electron chi connectivity index (χ1n) is 7.80. The average Bonchev–Trinajstić information content (AvgIpc) is 2.31. The number of nitrogens with one attached hydrogen (secondary N) is 2. The molecule has 0 atom stereocenters. The molecule has 0 aromatic carbocycles. The summed E-state index contributed by atoms with van der Waals surface area (Å²) in [5, 5.41) is 11.7. The summed E-state index contributed by atoms with van der Waals surface area (Å²) in [6.45, 7) is 0.479. The van der Waals surface area contributed by atoms with Gasteiger partial charge in [-0.2, -0.15) is 0 Å². The van der Waals surface area contributed by atoms with E-state index >= 15 is 0 Å². The van der Waals surface area contributed by atoms with E-state index in [4.69, 9.17) is 5.11 Å². The Kier molecular flexibility index (Phi) is 5.44. The minimum absolute atomic E-state index is 0.00846. The van der Waals surface area contributed by atoms with Gasteiger partial charge in [0.25, 0.3) is 0 Å². The molecule has 0 unspecified atom stereocenters. The van der Waals surface area contributed by atoms with Gasteiger partial charge in [0.15, 0.2) is 0 Å². The van der Waals surface area contributed by atoms with Crippen LogP contribution in [0.3, 0.4) is 0 Å². The van der Waals surface area contributed by atoms with Crippen molar-refractivity contribution in [2.75, 3.05) is 18.8 Å². The molecule has 2 saturated carbocycles. The third-order valence-corrected chi connectivity index (χ3v) is 6.12. The summed E-state index contributed by atoms with van der Waals surface area (Å²) in [7, 11) is -3.38. The number of carbonyl (C=O) groups is 2. The molecule has 0 bridgehead atoms. The fourth-order valence-electron chi connectivity index (χ4n) is 2.78. The largest absolute Gasteiger partial charge is 0.481 e. The van der Waals surface area contributed by atoms with Crippen molar-refractivity contribution in [3.63, 3.8) is 0 Å². The molecule has 1 amide bonds. The van der Waals surface area contributed by atoms with Gasteiger partial charge in [-0.05, 0) is 31.6 Å². The van der Waals surface area contributed by atoms with E-state index in [-0.39, 0.29) is 18.7 Å². The van der Waals surface area contributed by atoms with Crippen molar-refractivity contribution in [3.05, 3.63) is 0 Å². The molecule has 2 rings (SSSR count). The van der Waals surface area contributed by atoms with E-state index in [1.165, 1.54) is 0 Å². The maximum Gasteiger partial charge on any atom is 0.310 e. The molecule has 0 aromatic heterocycles. The minimum atomic E-state index is -3.38. The number of aliphatic carboxylic acids is 1. The number of carboxylic acids is 1. The highest BCUT2D eigenvalue weighted by atomic mass is 32.2. The van der Waals surface area contributed by atoms with E-state index in [0.29, 0.717) is 25.3 Å². The molecule has 7 nitrogen and oxygen atoms in total. The number of amides is 1. The van der Waals surface area contributed by atoms with E-state index in [1.54, 1.807) is 0 Å². The first-order valence-corrected chi connectivity index (χ1v) is 9.46. The van der Waals surface area contributed by atoms with Crippen LogP contribution in [-0.2, 0) is 19.6 Å². The van der Waals surface area contributed by atoms with E-state index in [0.717, 1.165) is 25.7 Å². The summed E-state index contributed by atoms with van der Waals surface area (Å²) >= 11 is 0. The summed E-state index contributed by atoms with van der Waals surface area (Å²) in [4.78, 5) is 22.9. The second-order valence-electron chi connectivity index (χ2n) is 6.43. The number of hydrogen-bond acceptors (Lipinski definition) is 4. The van der Waals surface area contributed by atoms with E-state index < -0.39 is 27.3 Å². The maximum absolute atomic E-state index is 11.8. The number of carbonyl (C=O) groups excluding carboxylic acids is 1. The highest BCUT2D eigenvalue weighted by Crippen LogP contribution is 2.44. The van der Waals surface area contributed by atoms with Crippen molar-refractivity contribution in [2.45, 2.75) is 44.9 Å². The van der Waals surface area contributed by atoms with Crippen molar-refractivity contribution >= 4 is 21.9 Å². The summed E-state index contributed by atoms with van der Waals surface area (Å²) in [6, 6.07) is 0. The lowest BCUT2D eigenvalue weighted by Gasteiger charge is -2.36. The molecule has 22 heavy (non-hydrogen) atoms. The second-order valence-corrected chi connectivity index (χ2v) is 8.36. The Hall–Kier alpha value is -1.15. The number of carboxylic acid groups (broad SMARTS) is 1. The second kappa shape index (κ2) is 6.95. The molecular weight excluding hydrogens is 308 g/mol. The molecule has 3 N–H and O–H groups in total. The molecule has 0 radical (unpaired) electrons. The molecule has 0 aliphatic heterocycles. The molecule has 0 saturated heterocycles. The minimum Gasteiger partial charge on any atom is -0.481 e.